The van der Waals surface area contributed by atoms with E-state index in [1.807, 2.05) is 6.92 Å². The summed E-state index contributed by atoms with van der Waals surface area (Å²) in [4.78, 5) is 24.5. The first-order valence-corrected chi connectivity index (χ1v) is 10.1. The Morgan fingerprint density at radius 2 is 2.00 bits per heavy atom. The third-order valence-corrected chi connectivity index (χ3v) is 5.01. The number of nitrogens with one attached hydrogen (secondary N) is 2. The minimum Gasteiger partial charge on any atom is -0.396 e. The number of amides is 2. The Morgan fingerprint density at radius 3 is 2.68 bits per heavy atom. The highest BCUT2D eigenvalue weighted by Crippen LogP contribution is 2.27. The molecule has 3 N–H and O–H groups in total. The summed E-state index contributed by atoms with van der Waals surface area (Å²) in [5.41, 5.74) is 0.965. The molecule has 28 heavy (non-hydrogen) atoms. The molecule has 0 spiro atoms. The topological polar surface area (TPSA) is 87.7 Å². The molecule has 0 aliphatic heterocycles. The number of hydrogen-bond donors (Lipinski definition) is 3. The molecule has 0 radical (unpaired) electrons. The fourth-order valence-corrected chi connectivity index (χ4v) is 3.51. The van der Waals surface area contributed by atoms with Crippen molar-refractivity contribution < 1.29 is 23.8 Å². The number of aliphatic hydroxyl groups is 1. The molecule has 1 aromatic rings. The molecule has 1 aromatic carbocycles. The summed E-state index contributed by atoms with van der Waals surface area (Å²) in [6.07, 6.45) is 3.41. The van der Waals surface area contributed by atoms with Crippen molar-refractivity contribution in [2.24, 2.45) is 5.92 Å². The second-order valence-corrected chi connectivity index (χ2v) is 7.23. The normalized spacial score (nSPS) is 21.9. The minimum atomic E-state index is -0.274. The summed E-state index contributed by atoms with van der Waals surface area (Å²) in [6, 6.07) is 6.02. The van der Waals surface area contributed by atoms with Crippen LogP contribution >= 0.6 is 0 Å². The molecule has 1 aliphatic carbocycles. The van der Waals surface area contributed by atoms with E-state index in [0.29, 0.717) is 38.8 Å². The van der Waals surface area contributed by atoms with E-state index < -0.39 is 0 Å². The third kappa shape index (κ3) is 7.20. The first-order chi connectivity index (χ1) is 13.5. The molecule has 0 bridgehead atoms. The predicted molar refractivity (Wildman–Crippen MR) is 104 cm³/mol. The monoisotopic (exact) mass is 394 g/mol. The number of carbonyl (C=O) groups excluding carboxylic acids is 2. The average Bonchev–Trinajstić information content (AvgIpc) is 2.68. The predicted octanol–water partition coefficient (Wildman–Crippen LogP) is 1.95. The van der Waals surface area contributed by atoms with Crippen molar-refractivity contribution in [3.05, 3.63) is 35.6 Å². The Hall–Kier alpha value is -1.99. The van der Waals surface area contributed by atoms with Gasteiger partial charge in [-0.25, -0.2) is 4.39 Å². The second kappa shape index (κ2) is 11.8. The lowest BCUT2D eigenvalue weighted by Crippen LogP contribution is -2.50. The quantitative estimate of drug-likeness (QED) is 0.566. The second-order valence-electron chi connectivity index (χ2n) is 7.23. The Balaban J connectivity index is 1.85. The smallest absolute Gasteiger partial charge is 0.223 e. The molecule has 3 atom stereocenters. The third-order valence-electron chi connectivity index (χ3n) is 5.01. The van der Waals surface area contributed by atoms with E-state index in [1.165, 1.54) is 12.1 Å². The summed E-state index contributed by atoms with van der Waals surface area (Å²) in [7, 11) is 0. The SMILES string of the molecule is CCCO[C@@H]1CC[C@H](C(=O)NCCc2ccc(F)cc2)C[C@H]1NC(=O)CCO. The highest BCUT2D eigenvalue weighted by atomic mass is 19.1. The van der Waals surface area contributed by atoms with Crippen molar-refractivity contribution in [2.45, 2.75) is 57.6 Å². The van der Waals surface area contributed by atoms with Crippen LogP contribution in [-0.4, -0.2) is 48.8 Å². The van der Waals surface area contributed by atoms with Gasteiger partial charge in [-0.05, 0) is 49.8 Å². The number of halogens is 1. The molecule has 7 heteroatoms. The van der Waals surface area contributed by atoms with Gasteiger partial charge in [0.1, 0.15) is 5.82 Å². The molecular weight excluding hydrogens is 363 g/mol. The van der Waals surface area contributed by atoms with E-state index >= 15 is 0 Å². The van der Waals surface area contributed by atoms with Crippen molar-refractivity contribution in [3.8, 4) is 0 Å². The van der Waals surface area contributed by atoms with Crippen LogP contribution in [0.2, 0.25) is 0 Å². The maximum atomic E-state index is 12.9. The van der Waals surface area contributed by atoms with Gasteiger partial charge in [-0.3, -0.25) is 9.59 Å². The molecule has 1 fully saturated rings. The fraction of sp³-hybridized carbons (Fsp3) is 0.619. The molecular formula is C21H31FN2O4. The van der Waals surface area contributed by atoms with Crippen LogP contribution in [0.3, 0.4) is 0 Å². The standard InChI is InChI=1S/C21H31FN2O4/c1-2-13-28-19-8-5-16(14-18(19)24-20(26)10-12-25)21(27)23-11-9-15-3-6-17(22)7-4-15/h3-4,6-7,16,18-19,25H,2,5,8-14H2,1H3,(H,23,27)(H,24,26)/t16-,18+,19+/m0/s1. The summed E-state index contributed by atoms with van der Waals surface area (Å²) in [5, 5.41) is 14.8. The van der Waals surface area contributed by atoms with Crippen LogP contribution in [-0.2, 0) is 20.7 Å². The van der Waals surface area contributed by atoms with Gasteiger partial charge in [0, 0.05) is 25.5 Å². The van der Waals surface area contributed by atoms with Crippen LogP contribution in [0.5, 0.6) is 0 Å². The van der Waals surface area contributed by atoms with Crippen molar-refractivity contribution >= 4 is 11.8 Å². The number of carbonyl (C=O) groups is 2. The zero-order chi connectivity index (χ0) is 20.4. The van der Waals surface area contributed by atoms with Gasteiger partial charge < -0.3 is 20.5 Å². The molecule has 1 saturated carbocycles. The molecule has 0 aromatic heterocycles. The molecule has 0 saturated heterocycles. The van der Waals surface area contributed by atoms with Crippen LogP contribution in [0.1, 0.15) is 44.6 Å². The Bertz CT molecular complexity index is 623. The highest BCUT2D eigenvalue weighted by molar-refractivity contribution is 5.79. The van der Waals surface area contributed by atoms with Crippen LogP contribution in [0, 0.1) is 11.7 Å². The van der Waals surface area contributed by atoms with Gasteiger partial charge >= 0.3 is 0 Å². The van der Waals surface area contributed by atoms with E-state index in [9.17, 15) is 14.0 Å². The summed E-state index contributed by atoms with van der Waals surface area (Å²) in [6.45, 7) is 2.93. The van der Waals surface area contributed by atoms with Gasteiger partial charge in [-0.1, -0.05) is 19.1 Å². The van der Waals surface area contributed by atoms with Crippen molar-refractivity contribution in [1.29, 1.82) is 0 Å². The number of rotatable bonds is 10. The lowest BCUT2D eigenvalue weighted by atomic mass is 9.83. The number of hydrogen-bond acceptors (Lipinski definition) is 4. The van der Waals surface area contributed by atoms with E-state index in [0.717, 1.165) is 12.0 Å². The molecule has 1 aliphatic rings. The fourth-order valence-electron chi connectivity index (χ4n) is 3.51. The molecule has 156 valence electrons. The van der Waals surface area contributed by atoms with Crippen LogP contribution in [0.25, 0.3) is 0 Å². The Morgan fingerprint density at radius 1 is 1.25 bits per heavy atom. The van der Waals surface area contributed by atoms with Gasteiger partial charge in [0.05, 0.1) is 18.8 Å². The summed E-state index contributed by atoms with van der Waals surface area (Å²) in [5.74, 6) is -0.717. The van der Waals surface area contributed by atoms with E-state index in [-0.39, 0.29) is 48.7 Å². The Labute approximate surface area is 165 Å². The van der Waals surface area contributed by atoms with Crippen molar-refractivity contribution in [3.63, 3.8) is 0 Å². The number of aliphatic hydroxyl groups excluding tert-OH is 1. The van der Waals surface area contributed by atoms with Crippen LogP contribution in [0.15, 0.2) is 24.3 Å². The molecule has 2 amide bonds. The van der Waals surface area contributed by atoms with Crippen LogP contribution < -0.4 is 10.6 Å². The first kappa shape index (κ1) is 22.3. The Kier molecular flexibility index (Phi) is 9.37. The van der Waals surface area contributed by atoms with Crippen molar-refractivity contribution in [2.75, 3.05) is 19.8 Å². The van der Waals surface area contributed by atoms with Gasteiger partial charge in [-0.2, -0.15) is 0 Å². The molecule has 0 unspecified atom stereocenters. The largest absolute Gasteiger partial charge is 0.396 e. The minimum absolute atomic E-state index is 0.0301. The lowest BCUT2D eigenvalue weighted by Gasteiger charge is -2.36. The first-order valence-electron chi connectivity index (χ1n) is 10.1. The highest BCUT2D eigenvalue weighted by Gasteiger charge is 2.35. The summed E-state index contributed by atoms with van der Waals surface area (Å²) < 4.78 is 18.8. The maximum Gasteiger partial charge on any atom is 0.223 e. The summed E-state index contributed by atoms with van der Waals surface area (Å²) >= 11 is 0. The van der Waals surface area contributed by atoms with Gasteiger partial charge in [0.25, 0.3) is 0 Å². The average molecular weight is 394 g/mol. The van der Waals surface area contributed by atoms with Crippen molar-refractivity contribution in [1.82, 2.24) is 10.6 Å². The molecule has 6 nitrogen and oxygen atoms in total. The number of benzene rings is 1. The van der Waals surface area contributed by atoms with Gasteiger partial charge in [0.2, 0.25) is 11.8 Å². The van der Waals surface area contributed by atoms with Gasteiger partial charge in [-0.15, -0.1) is 0 Å². The lowest BCUT2D eigenvalue weighted by molar-refractivity contribution is -0.130. The van der Waals surface area contributed by atoms with E-state index in [4.69, 9.17) is 9.84 Å². The number of ether oxygens (including phenoxy) is 1. The van der Waals surface area contributed by atoms with E-state index in [1.54, 1.807) is 12.1 Å². The zero-order valence-electron chi connectivity index (χ0n) is 16.5. The van der Waals surface area contributed by atoms with Crippen LogP contribution in [0.4, 0.5) is 4.39 Å². The molecule has 2 rings (SSSR count). The molecule has 0 heterocycles. The zero-order valence-corrected chi connectivity index (χ0v) is 16.5. The van der Waals surface area contributed by atoms with Gasteiger partial charge in [0.15, 0.2) is 0 Å². The maximum absolute atomic E-state index is 12.9. The van der Waals surface area contributed by atoms with E-state index in [2.05, 4.69) is 10.6 Å².